The Bertz CT molecular complexity index is 539. The number of ether oxygens (including phenoxy) is 1. The molecular formula is C15H19F3N2O3. The molecular weight excluding hydrogens is 313 g/mol. The van der Waals surface area contributed by atoms with Crippen LogP contribution in [0.1, 0.15) is 25.7 Å². The molecule has 0 aliphatic heterocycles. The van der Waals surface area contributed by atoms with Gasteiger partial charge < -0.3 is 20.1 Å². The summed E-state index contributed by atoms with van der Waals surface area (Å²) < 4.78 is 42.2. The second-order valence-electron chi connectivity index (χ2n) is 5.30. The molecule has 0 aromatic heterocycles. The number of aliphatic hydroxyl groups is 1. The van der Waals surface area contributed by atoms with Gasteiger partial charge in [-0.15, -0.1) is 0 Å². The Balaban J connectivity index is 2.05. The van der Waals surface area contributed by atoms with Crippen LogP contribution in [0.5, 0.6) is 5.75 Å². The van der Waals surface area contributed by atoms with Crippen LogP contribution in [-0.2, 0) is 0 Å². The molecule has 1 aliphatic rings. The number of amides is 2. The molecule has 0 bridgehead atoms. The molecule has 0 saturated heterocycles. The Morgan fingerprint density at radius 3 is 2.74 bits per heavy atom. The van der Waals surface area contributed by atoms with Crippen LogP contribution in [0.25, 0.3) is 0 Å². The van der Waals surface area contributed by atoms with Crippen molar-refractivity contribution in [3.05, 3.63) is 24.0 Å². The number of nitrogens with zero attached hydrogens (tertiary/aromatic N) is 1. The predicted octanol–water partition coefficient (Wildman–Crippen LogP) is 3.20. The van der Waals surface area contributed by atoms with Gasteiger partial charge in [-0.1, -0.05) is 0 Å². The number of unbranched alkanes of at least 4 members (excludes halogenated alkanes) is 1. The fourth-order valence-corrected chi connectivity index (χ4v) is 2.21. The fraction of sp³-hybridized carbons (Fsp3) is 0.533. The Morgan fingerprint density at radius 2 is 2.13 bits per heavy atom. The van der Waals surface area contributed by atoms with Crippen LogP contribution in [0, 0.1) is 5.82 Å². The number of alkyl halides is 2. The maximum absolute atomic E-state index is 13.2. The number of hydrogen-bond acceptors (Lipinski definition) is 3. The first-order chi connectivity index (χ1) is 11.0. The number of carbonyl (C=O) groups excluding carboxylic acids is 1. The number of carbonyl (C=O) groups is 1. The molecule has 5 nitrogen and oxygen atoms in total. The zero-order chi connectivity index (χ0) is 16.8. The van der Waals surface area contributed by atoms with Gasteiger partial charge in [0.05, 0.1) is 5.69 Å². The highest BCUT2D eigenvalue weighted by atomic mass is 19.3. The van der Waals surface area contributed by atoms with Crippen molar-refractivity contribution in [2.45, 2.75) is 38.3 Å². The summed E-state index contributed by atoms with van der Waals surface area (Å²) in [6.45, 7) is -2.61. The smallest absolute Gasteiger partial charge is 0.387 e. The molecule has 1 aromatic rings. The first kappa shape index (κ1) is 17.4. The van der Waals surface area contributed by atoms with E-state index in [0.717, 1.165) is 25.0 Å². The van der Waals surface area contributed by atoms with Gasteiger partial charge in [0.15, 0.2) is 5.75 Å². The minimum Gasteiger partial charge on any atom is -0.432 e. The number of benzene rings is 1. The molecule has 1 aromatic carbocycles. The predicted molar refractivity (Wildman–Crippen MR) is 78.1 cm³/mol. The summed E-state index contributed by atoms with van der Waals surface area (Å²) in [5.74, 6) is -1.15. The van der Waals surface area contributed by atoms with E-state index in [-0.39, 0.29) is 18.3 Å². The summed E-state index contributed by atoms with van der Waals surface area (Å²) in [5.41, 5.74) is -0.00971. The molecule has 2 N–H and O–H groups in total. The van der Waals surface area contributed by atoms with E-state index >= 15 is 0 Å². The van der Waals surface area contributed by atoms with Gasteiger partial charge in [-0.2, -0.15) is 8.78 Å². The third kappa shape index (κ3) is 5.31. The SMILES string of the molecule is O=C(Nc1ccc(F)cc1OC(F)F)N(CCCCO)C1CC1. The van der Waals surface area contributed by atoms with E-state index in [1.54, 1.807) is 4.90 Å². The first-order valence-electron chi connectivity index (χ1n) is 7.44. The monoisotopic (exact) mass is 332 g/mol. The summed E-state index contributed by atoms with van der Waals surface area (Å²) >= 11 is 0. The average Bonchev–Trinajstić information content (AvgIpc) is 3.30. The number of nitrogens with one attached hydrogen (secondary N) is 1. The molecule has 2 rings (SSSR count). The van der Waals surface area contributed by atoms with Gasteiger partial charge in [0, 0.05) is 25.3 Å². The Morgan fingerprint density at radius 1 is 1.39 bits per heavy atom. The number of halogens is 3. The van der Waals surface area contributed by atoms with Crippen LogP contribution in [0.3, 0.4) is 0 Å². The topological polar surface area (TPSA) is 61.8 Å². The van der Waals surface area contributed by atoms with Crippen molar-refractivity contribution in [1.29, 1.82) is 0 Å². The van der Waals surface area contributed by atoms with Crippen LogP contribution in [0.2, 0.25) is 0 Å². The minimum absolute atomic E-state index is 0.00971. The quantitative estimate of drug-likeness (QED) is 0.719. The number of anilines is 1. The molecule has 0 unspecified atom stereocenters. The lowest BCUT2D eigenvalue weighted by molar-refractivity contribution is -0.0495. The molecule has 1 saturated carbocycles. The standard InChI is InChI=1S/C15H19F3N2O3/c16-10-3-6-12(13(9-10)23-14(17)18)19-15(22)20(11-4-5-11)7-1-2-8-21/h3,6,9,11,14,21H,1-2,4-5,7-8H2,(H,19,22). The van der Waals surface area contributed by atoms with E-state index in [4.69, 9.17) is 5.11 Å². The lowest BCUT2D eigenvalue weighted by Crippen LogP contribution is -2.37. The van der Waals surface area contributed by atoms with E-state index in [9.17, 15) is 18.0 Å². The van der Waals surface area contributed by atoms with Crippen molar-refractivity contribution in [2.75, 3.05) is 18.5 Å². The number of rotatable bonds is 8. The lowest BCUT2D eigenvalue weighted by atomic mass is 10.2. The van der Waals surface area contributed by atoms with Gasteiger partial charge in [0.2, 0.25) is 0 Å². The zero-order valence-corrected chi connectivity index (χ0v) is 12.5. The van der Waals surface area contributed by atoms with Crippen molar-refractivity contribution in [3.63, 3.8) is 0 Å². The van der Waals surface area contributed by atoms with E-state index in [2.05, 4.69) is 10.1 Å². The van der Waals surface area contributed by atoms with E-state index in [1.807, 2.05) is 0 Å². The van der Waals surface area contributed by atoms with Gasteiger partial charge in [0.1, 0.15) is 5.82 Å². The van der Waals surface area contributed by atoms with Crippen molar-refractivity contribution in [2.24, 2.45) is 0 Å². The van der Waals surface area contributed by atoms with Crippen molar-refractivity contribution < 1.29 is 27.8 Å². The van der Waals surface area contributed by atoms with Gasteiger partial charge >= 0.3 is 12.6 Å². The Kier molecular flexibility index (Phi) is 6.09. The Hall–Kier alpha value is -1.96. The molecule has 2 amide bonds. The molecule has 0 atom stereocenters. The van der Waals surface area contributed by atoms with Crippen molar-refractivity contribution in [3.8, 4) is 5.75 Å². The molecule has 0 spiro atoms. The van der Waals surface area contributed by atoms with E-state index in [0.29, 0.717) is 19.4 Å². The highest BCUT2D eigenvalue weighted by Crippen LogP contribution is 2.30. The van der Waals surface area contributed by atoms with Crippen LogP contribution in [0.15, 0.2) is 18.2 Å². The van der Waals surface area contributed by atoms with Crippen LogP contribution >= 0.6 is 0 Å². The summed E-state index contributed by atoms with van der Waals surface area (Å²) in [6, 6.07) is 2.71. The maximum Gasteiger partial charge on any atom is 0.387 e. The van der Waals surface area contributed by atoms with Gasteiger partial charge in [-0.05, 0) is 37.8 Å². The number of aliphatic hydroxyl groups excluding tert-OH is 1. The highest BCUT2D eigenvalue weighted by molar-refractivity contribution is 5.91. The Labute approximate surface area is 132 Å². The van der Waals surface area contributed by atoms with Gasteiger partial charge in [0.25, 0.3) is 0 Å². The average molecular weight is 332 g/mol. The largest absolute Gasteiger partial charge is 0.432 e. The highest BCUT2D eigenvalue weighted by Gasteiger charge is 2.32. The van der Waals surface area contributed by atoms with Crippen molar-refractivity contribution in [1.82, 2.24) is 4.90 Å². The number of urea groups is 1. The fourth-order valence-electron chi connectivity index (χ4n) is 2.21. The summed E-state index contributed by atoms with van der Waals surface area (Å²) in [6.07, 6.45) is 2.99. The first-order valence-corrected chi connectivity index (χ1v) is 7.44. The second kappa shape index (κ2) is 8.05. The van der Waals surface area contributed by atoms with E-state index in [1.165, 1.54) is 6.07 Å². The van der Waals surface area contributed by atoms with Crippen LogP contribution in [0.4, 0.5) is 23.7 Å². The van der Waals surface area contributed by atoms with Crippen LogP contribution in [-0.4, -0.2) is 41.8 Å². The van der Waals surface area contributed by atoms with Gasteiger partial charge in [-0.3, -0.25) is 0 Å². The molecule has 0 heterocycles. The third-order valence-corrected chi connectivity index (χ3v) is 3.46. The second-order valence-corrected chi connectivity index (χ2v) is 5.30. The molecule has 8 heteroatoms. The number of hydrogen-bond donors (Lipinski definition) is 2. The molecule has 23 heavy (non-hydrogen) atoms. The van der Waals surface area contributed by atoms with Gasteiger partial charge in [-0.25, -0.2) is 9.18 Å². The minimum atomic E-state index is -3.11. The maximum atomic E-state index is 13.2. The van der Waals surface area contributed by atoms with Crippen molar-refractivity contribution >= 4 is 11.7 Å². The normalized spacial score (nSPS) is 14.0. The summed E-state index contributed by atoms with van der Waals surface area (Å²) in [7, 11) is 0. The summed E-state index contributed by atoms with van der Waals surface area (Å²) in [4.78, 5) is 13.9. The molecule has 1 fully saturated rings. The molecule has 1 aliphatic carbocycles. The molecule has 0 radical (unpaired) electrons. The third-order valence-electron chi connectivity index (χ3n) is 3.46. The summed E-state index contributed by atoms with van der Waals surface area (Å²) in [5, 5.41) is 11.3. The van der Waals surface area contributed by atoms with Crippen LogP contribution < -0.4 is 10.1 Å². The zero-order valence-electron chi connectivity index (χ0n) is 12.5. The lowest BCUT2D eigenvalue weighted by Gasteiger charge is -2.23. The van der Waals surface area contributed by atoms with E-state index < -0.39 is 24.2 Å². The molecule has 128 valence electrons.